The van der Waals surface area contributed by atoms with Crippen molar-refractivity contribution in [1.82, 2.24) is 15.4 Å². The fourth-order valence-corrected chi connectivity index (χ4v) is 3.36. The molecule has 6 nitrogen and oxygen atoms in total. The van der Waals surface area contributed by atoms with Crippen LogP contribution in [0.2, 0.25) is 5.02 Å². The number of pyridine rings is 1. The van der Waals surface area contributed by atoms with Crippen LogP contribution < -0.4 is 16.4 Å². The summed E-state index contributed by atoms with van der Waals surface area (Å²) < 4.78 is 43.6. The molecule has 10 heteroatoms. The van der Waals surface area contributed by atoms with Gasteiger partial charge in [0.05, 0.1) is 23.0 Å². The molecular weight excluding hydrogens is 445 g/mol. The fourth-order valence-electron chi connectivity index (χ4n) is 3.15. The minimum atomic E-state index is -1.21. The van der Waals surface area contributed by atoms with Gasteiger partial charge in [-0.25, -0.2) is 18.6 Å². The quantitative estimate of drug-likeness (QED) is 0.260. The second-order valence-corrected chi connectivity index (χ2v) is 7.38. The van der Waals surface area contributed by atoms with Crippen LogP contribution in [0.1, 0.15) is 38.7 Å². The molecule has 0 radical (unpaired) electrons. The van der Waals surface area contributed by atoms with Crippen molar-refractivity contribution in [3.05, 3.63) is 68.9 Å². The van der Waals surface area contributed by atoms with E-state index in [4.69, 9.17) is 17.0 Å². The molecule has 0 bridgehead atoms. The maximum absolute atomic E-state index is 14.6. The summed E-state index contributed by atoms with van der Waals surface area (Å²) in [4.78, 5) is 23.6. The highest BCUT2D eigenvalue weighted by Gasteiger charge is 2.23. The summed E-state index contributed by atoms with van der Waals surface area (Å²) in [6.07, 6.45) is 5.78. The van der Waals surface area contributed by atoms with Gasteiger partial charge < -0.3 is 20.2 Å². The summed E-state index contributed by atoms with van der Waals surface area (Å²) in [6, 6.07) is 1.72. The molecule has 1 atom stereocenters. The van der Waals surface area contributed by atoms with Gasteiger partial charge in [0.1, 0.15) is 28.8 Å². The van der Waals surface area contributed by atoms with E-state index in [0.717, 1.165) is 29.8 Å². The molecule has 1 aromatic heterocycles. The minimum Gasteiger partial charge on any atom is -0.328 e. The summed E-state index contributed by atoms with van der Waals surface area (Å²) in [5.41, 5.74) is 3.65. The number of benzene rings is 1. The lowest BCUT2D eigenvalue weighted by Crippen LogP contribution is -2.38. The first-order valence-corrected chi connectivity index (χ1v) is 10.4. The van der Waals surface area contributed by atoms with Crippen molar-refractivity contribution in [3.8, 4) is 11.3 Å². The van der Waals surface area contributed by atoms with E-state index in [-0.39, 0.29) is 28.5 Å². The number of hydrazine groups is 1. The molecule has 1 heterocycles. The van der Waals surface area contributed by atoms with Gasteiger partial charge in [-0.05, 0) is 25.5 Å². The predicted octanol–water partition coefficient (Wildman–Crippen LogP) is 4.34. The van der Waals surface area contributed by atoms with Gasteiger partial charge in [-0.1, -0.05) is 31.4 Å². The molecule has 0 spiro atoms. The minimum absolute atomic E-state index is 0.00717. The first kappa shape index (κ1) is 25.4. The maximum atomic E-state index is 14.6. The van der Waals surface area contributed by atoms with Crippen molar-refractivity contribution in [3.63, 3.8) is 0 Å². The first-order valence-electron chi connectivity index (χ1n) is 10.0. The Balaban J connectivity index is 2.46. The van der Waals surface area contributed by atoms with E-state index in [0.29, 0.717) is 18.6 Å². The highest BCUT2D eigenvalue weighted by molar-refractivity contribution is 6.31. The molecule has 0 fully saturated rings. The molecule has 0 saturated heterocycles. The zero-order chi connectivity index (χ0) is 23.8. The topological polar surface area (TPSA) is 87.0 Å². The van der Waals surface area contributed by atoms with E-state index in [1.165, 1.54) is 12.3 Å². The van der Waals surface area contributed by atoms with Gasteiger partial charge in [0, 0.05) is 30.4 Å². The molecule has 1 aromatic carbocycles. The number of rotatable bonds is 11. The zero-order valence-electron chi connectivity index (χ0n) is 17.6. The second kappa shape index (κ2) is 11.6. The summed E-state index contributed by atoms with van der Waals surface area (Å²) in [6.45, 7) is 3.58. The third-order valence-corrected chi connectivity index (χ3v) is 5.00. The first-order chi connectivity index (χ1) is 15.2. The Morgan fingerprint density at radius 3 is 2.44 bits per heavy atom. The molecule has 32 heavy (non-hydrogen) atoms. The lowest BCUT2D eigenvalue weighted by Gasteiger charge is -2.18. The van der Waals surface area contributed by atoms with Crippen LogP contribution in [0.25, 0.3) is 11.3 Å². The molecule has 2 aromatic rings. The number of hydrogen-bond donors (Lipinski definition) is 3. The molecule has 0 aliphatic heterocycles. The van der Waals surface area contributed by atoms with Crippen molar-refractivity contribution < 1.29 is 18.0 Å². The number of hydrogen-bond acceptors (Lipinski definition) is 5. The maximum Gasteiger partial charge on any atom is 0.269 e. The van der Waals surface area contributed by atoms with Crippen molar-refractivity contribution in [2.75, 3.05) is 0 Å². The molecule has 0 saturated carbocycles. The third kappa shape index (κ3) is 5.86. The van der Waals surface area contributed by atoms with E-state index >= 15 is 0 Å². The van der Waals surface area contributed by atoms with E-state index in [1.807, 2.05) is 6.92 Å². The summed E-state index contributed by atoms with van der Waals surface area (Å²) in [7, 11) is 0. The molecule has 0 unspecified atom stereocenters. The monoisotopic (exact) mass is 468 g/mol. The average molecular weight is 469 g/mol. The Kier molecular flexibility index (Phi) is 9.22. The van der Waals surface area contributed by atoms with E-state index in [2.05, 4.69) is 10.9 Å². The Morgan fingerprint density at radius 2 is 1.88 bits per heavy atom. The lowest BCUT2D eigenvalue weighted by molar-refractivity contribution is -0.109. The van der Waals surface area contributed by atoms with Crippen LogP contribution in [-0.2, 0) is 11.3 Å². The molecule has 172 valence electrons. The van der Waals surface area contributed by atoms with E-state index in [9.17, 15) is 22.8 Å². The number of nitrogens with zero attached hydrogens (tertiary/aromatic N) is 1. The Bertz CT molecular complexity index is 1060. The van der Waals surface area contributed by atoms with Gasteiger partial charge in [-0.2, -0.15) is 0 Å². The second-order valence-electron chi connectivity index (χ2n) is 6.97. The van der Waals surface area contributed by atoms with Crippen LogP contribution >= 0.6 is 11.6 Å². The number of nitrogens with one attached hydrogen (secondary N) is 3. The van der Waals surface area contributed by atoms with Crippen LogP contribution in [0.3, 0.4) is 0 Å². The molecular formula is C22H24ClF3N4O2. The normalized spacial score (nSPS) is 12.2. The molecule has 0 aliphatic carbocycles. The number of unbranched alkanes of at least 4 members (excludes halogenated alkanes) is 1. The van der Waals surface area contributed by atoms with Gasteiger partial charge in [0.15, 0.2) is 0 Å². The summed E-state index contributed by atoms with van der Waals surface area (Å²) in [5.74, 6) is -3.54. The van der Waals surface area contributed by atoms with Gasteiger partial charge >= 0.3 is 0 Å². The zero-order valence-corrected chi connectivity index (χ0v) is 18.4. The van der Waals surface area contributed by atoms with Crippen molar-refractivity contribution in [1.29, 1.82) is 5.41 Å². The SMILES string of the molecule is CCCC[C@@H](C=O)NN/C=C\C(=N)c1cc(Cl)c(=O)n(CC)c1-c1c(F)cc(F)cc1F. The number of carbonyl (C=O) groups excluding carboxylic acids is 1. The largest absolute Gasteiger partial charge is 0.328 e. The highest BCUT2D eigenvalue weighted by atomic mass is 35.5. The summed E-state index contributed by atoms with van der Waals surface area (Å²) >= 11 is 6.01. The Labute approximate surface area is 188 Å². The van der Waals surface area contributed by atoms with Crippen molar-refractivity contribution >= 4 is 23.6 Å². The average Bonchev–Trinajstić information content (AvgIpc) is 2.74. The molecule has 0 aliphatic rings. The molecule has 0 amide bonds. The van der Waals surface area contributed by atoms with Crippen LogP contribution in [0.4, 0.5) is 13.2 Å². The fraction of sp³-hybridized carbons (Fsp3) is 0.318. The van der Waals surface area contributed by atoms with Crippen LogP contribution in [0, 0.1) is 22.9 Å². The van der Waals surface area contributed by atoms with Crippen LogP contribution in [0.15, 0.2) is 35.3 Å². The Morgan fingerprint density at radius 1 is 1.22 bits per heavy atom. The van der Waals surface area contributed by atoms with E-state index < -0.39 is 34.6 Å². The summed E-state index contributed by atoms with van der Waals surface area (Å²) in [5, 5.41) is 8.13. The van der Waals surface area contributed by atoms with Gasteiger partial charge in [0.2, 0.25) is 0 Å². The number of aromatic nitrogens is 1. The van der Waals surface area contributed by atoms with Crippen LogP contribution in [-0.4, -0.2) is 22.6 Å². The van der Waals surface area contributed by atoms with Gasteiger partial charge in [0.25, 0.3) is 5.56 Å². The number of halogens is 4. The standard InChI is InChI=1S/C22H24ClF3N4O2/c1-3-5-6-14(12-31)29-28-8-7-19(27)15-11-16(23)22(32)30(4-2)21(15)20-17(25)9-13(24)10-18(20)26/h7-12,14,27-29H,3-6H2,1-2H3/b8-7-,27-19?/t14-/m0/s1. The Hall–Kier alpha value is -2.91. The predicted molar refractivity (Wildman–Crippen MR) is 118 cm³/mol. The number of allylic oxidation sites excluding steroid dienone is 1. The smallest absolute Gasteiger partial charge is 0.269 e. The van der Waals surface area contributed by atoms with E-state index in [1.54, 1.807) is 6.92 Å². The third-order valence-electron chi connectivity index (χ3n) is 4.73. The van der Waals surface area contributed by atoms with Gasteiger partial charge in [-0.3, -0.25) is 4.79 Å². The number of carbonyl (C=O) groups is 1. The van der Waals surface area contributed by atoms with Crippen molar-refractivity contribution in [2.45, 2.75) is 45.7 Å². The van der Waals surface area contributed by atoms with Crippen molar-refractivity contribution in [2.24, 2.45) is 0 Å². The lowest BCUT2D eigenvalue weighted by atomic mass is 10.00. The molecule has 3 N–H and O–H groups in total. The highest BCUT2D eigenvalue weighted by Crippen LogP contribution is 2.31. The van der Waals surface area contributed by atoms with Gasteiger partial charge in [-0.15, -0.1) is 0 Å². The number of aldehydes is 1. The molecule has 2 rings (SSSR count). The van der Waals surface area contributed by atoms with Crippen LogP contribution in [0.5, 0.6) is 0 Å².